The standard InChI is InChI=1S/C24H19NO2/c1-26-22-13-17-15-25(18-9-4-3-5-10-18)24-19-11-7-6-8-16(19)12-21(24)20(17)14-23(22)27-2/h3-15H,1-2H3. The second-order valence-electron chi connectivity index (χ2n) is 6.62. The molecule has 0 unspecified atom stereocenters. The van der Waals surface area contributed by atoms with Gasteiger partial charge in [-0.15, -0.1) is 0 Å². The summed E-state index contributed by atoms with van der Waals surface area (Å²) in [6.45, 7) is 0. The molecule has 0 N–H and O–H groups in total. The molecule has 132 valence electrons. The van der Waals surface area contributed by atoms with Crippen molar-refractivity contribution in [3.05, 3.63) is 79.0 Å². The van der Waals surface area contributed by atoms with Gasteiger partial charge in [-0.1, -0.05) is 42.5 Å². The molecule has 3 aromatic carbocycles. The highest BCUT2D eigenvalue weighted by molar-refractivity contribution is 6.11. The fourth-order valence-corrected chi connectivity index (χ4v) is 3.90. The van der Waals surface area contributed by atoms with Crippen LogP contribution in [0.4, 0.5) is 0 Å². The number of para-hydroxylation sites is 1. The van der Waals surface area contributed by atoms with Crippen LogP contribution in [0.25, 0.3) is 38.5 Å². The molecule has 0 aromatic heterocycles. The van der Waals surface area contributed by atoms with Crippen molar-refractivity contribution in [2.45, 2.75) is 0 Å². The van der Waals surface area contributed by atoms with Gasteiger partial charge in [-0.3, -0.25) is 0 Å². The fourth-order valence-electron chi connectivity index (χ4n) is 3.90. The van der Waals surface area contributed by atoms with Gasteiger partial charge in [-0.05, 0) is 41.1 Å². The topological polar surface area (TPSA) is 23.4 Å². The van der Waals surface area contributed by atoms with Crippen molar-refractivity contribution in [3.63, 3.8) is 0 Å². The van der Waals surface area contributed by atoms with Gasteiger partial charge in [0.05, 0.1) is 19.9 Å². The molecular formula is C24H19NO2. The van der Waals surface area contributed by atoms with Crippen molar-refractivity contribution in [1.29, 1.82) is 0 Å². The highest BCUT2D eigenvalue weighted by Gasteiger charge is 2.19. The van der Waals surface area contributed by atoms with Crippen LogP contribution in [0.3, 0.4) is 0 Å². The van der Waals surface area contributed by atoms with E-state index >= 15 is 0 Å². The van der Waals surface area contributed by atoms with Crippen LogP contribution in [0.2, 0.25) is 0 Å². The van der Waals surface area contributed by atoms with Gasteiger partial charge in [0.1, 0.15) is 0 Å². The van der Waals surface area contributed by atoms with Gasteiger partial charge in [-0.2, -0.15) is 0 Å². The third-order valence-electron chi connectivity index (χ3n) is 5.16. The summed E-state index contributed by atoms with van der Waals surface area (Å²) in [5, 5.41) is 4.75. The Morgan fingerprint density at radius 2 is 1.37 bits per heavy atom. The number of rotatable bonds is 3. The largest absolute Gasteiger partial charge is 0.493 e. The van der Waals surface area contributed by atoms with Crippen LogP contribution in [0.15, 0.2) is 79.0 Å². The molecule has 0 fully saturated rings. The number of benzene rings is 3. The number of fused-ring (bicyclic) bond motifs is 5. The maximum atomic E-state index is 5.55. The highest BCUT2D eigenvalue weighted by atomic mass is 16.5. The molecule has 1 aliphatic carbocycles. The lowest BCUT2D eigenvalue weighted by Crippen LogP contribution is -2.01. The zero-order valence-corrected chi connectivity index (χ0v) is 15.3. The van der Waals surface area contributed by atoms with E-state index < -0.39 is 0 Å². The molecule has 0 spiro atoms. The number of pyridine rings is 1. The Morgan fingerprint density at radius 1 is 0.667 bits per heavy atom. The van der Waals surface area contributed by atoms with Gasteiger partial charge in [0.2, 0.25) is 0 Å². The first-order valence-corrected chi connectivity index (χ1v) is 8.94. The fraction of sp³-hybridized carbons (Fsp3) is 0.0833. The SMILES string of the molecule is COc1cc2cn(-c3ccccc3)c3c4ccccc4cc-3c2cc1OC. The number of hydrogen-bond acceptors (Lipinski definition) is 2. The molecule has 2 aliphatic rings. The lowest BCUT2D eigenvalue weighted by Gasteiger charge is -2.18. The van der Waals surface area contributed by atoms with E-state index in [1.807, 2.05) is 12.1 Å². The Bertz CT molecular complexity index is 1240. The zero-order chi connectivity index (χ0) is 18.4. The van der Waals surface area contributed by atoms with Crippen molar-refractivity contribution in [2.24, 2.45) is 0 Å². The molecule has 5 rings (SSSR count). The number of aromatic nitrogens is 1. The lowest BCUT2D eigenvalue weighted by molar-refractivity contribution is 0.356. The minimum atomic E-state index is 0.736. The Balaban J connectivity index is 1.97. The van der Waals surface area contributed by atoms with E-state index in [2.05, 4.69) is 71.4 Å². The van der Waals surface area contributed by atoms with E-state index in [4.69, 9.17) is 9.47 Å². The van der Waals surface area contributed by atoms with Gasteiger partial charge < -0.3 is 14.0 Å². The molecule has 0 saturated carbocycles. The molecule has 0 amide bonds. The molecule has 3 heteroatoms. The summed E-state index contributed by atoms with van der Waals surface area (Å²) in [5.41, 5.74) is 3.55. The molecule has 1 aliphatic heterocycles. The normalized spacial score (nSPS) is 11.3. The molecule has 0 atom stereocenters. The van der Waals surface area contributed by atoms with Crippen molar-refractivity contribution in [2.75, 3.05) is 14.2 Å². The van der Waals surface area contributed by atoms with E-state index in [0.717, 1.165) is 28.0 Å². The second-order valence-corrected chi connectivity index (χ2v) is 6.62. The van der Waals surface area contributed by atoms with Crippen LogP contribution in [-0.4, -0.2) is 18.8 Å². The van der Waals surface area contributed by atoms with Crippen molar-refractivity contribution < 1.29 is 9.47 Å². The molecule has 1 heterocycles. The van der Waals surface area contributed by atoms with Gasteiger partial charge in [0, 0.05) is 28.2 Å². The van der Waals surface area contributed by atoms with E-state index in [9.17, 15) is 0 Å². The smallest absolute Gasteiger partial charge is 0.161 e. The molecule has 0 radical (unpaired) electrons. The summed E-state index contributed by atoms with van der Waals surface area (Å²) < 4.78 is 13.3. The van der Waals surface area contributed by atoms with Crippen LogP contribution < -0.4 is 9.47 Å². The maximum absolute atomic E-state index is 5.55. The number of nitrogens with zero attached hydrogens (tertiary/aromatic N) is 1. The molecule has 27 heavy (non-hydrogen) atoms. The lowest BCUT2D eigenvalue weighted by atomic mass is 10.0. The molecular weight excluding hydrogens is 334 g/mol. The molecule has 3 nitrogen and oxygen atoms in total. The average Bonchev–Trinajstić information content (AvgIpc) is 3.12. The summed E-state index contributed by atoms with van der Waals surface area (Å²) in [6.07, 6.45) is 2.18. The minimum absolute atomic E-state index is 0.736. The Labute approximate surface area is 157 Å². The van der Waals surface area contributed by atoms with Gasteiger partial charge in [0.15, 0.2) is 11.5 Å². The highest BCUT2D eigenvalue weighted by Crippen LogP contribution is 2.43. The number of hydrogen-bond donors (Lipinski definition) is 0. The second kappa shape index (κ2) is 6.06. The van der Waals surface area contributed by atoms with Gasteiger partial charge in [-0.25, -0.2) is 0 Å². The molecule has 0 saturated heterocycles. The summed E-state index contributed by atoms with van der Waals surface area (Å²) >= 11 is 0. The quantitative estimate of drug-likeness (QED) is 0.403. The number of ether oxygens (including phenoxy) is 2. The monoisotopic (exact) mass is 353 g/mol. The van der Waals surface area contributed by atoms with E-state index in [0.29, 0.717) is 0 Å². The Morgan fingerprint density at radius 3 is 2.15 bits per heavy atom. The minimum Gasteiger partial charge on any atom is -0.493 e. The van der Waals surface area contributed by atoms with Crippen LogP contribution in [-0.2, 0) is 0 Å². The van der Waals surface area contributed by atoms with Crippen LogP contribution in [0.1, 0.15) is 0 Å². The van der Waals surface area contributed by atoms with Crippen molar-refractivity contribution in [1.82, 2.24) is 4.57 Å². The predicted molar refractivity (Wildman–Crippen MR) is 111 cm³/mol. The van der Waals surface area contributed by atoms with Gasteiger partial charge in [0.25, 0.3) is 0 Å². The van der Waals surface area contributed by atoms with E-state index in [1.165, 1.54) is 22.0 Å². The van der Waals surface area contributed by atoms with Crippen LogP contribution in [0, 0.1) is 0 Å². The van der Waals surface area contributed by atoms with Crippen LogP contribution >= 0.6 is 0 Å². The van der Waals surface area contributed by atoms with E-state index in [-0.39, 0.29) is 0 Å². The van der Waals surface area contributed by atoms with Crippen LogP contribution in [0.5, 0.6) is 11.5 Å². The first-order valence-electron chi connectivity index (χ1n) is 8.94. The summed E-state index contributed by atoms with van der Waals surface area (Å²) in [4.78, 5) is 0. The Kier molecular flexibility index (Phi) is 3.54. The number of methoxy groups -OCH3 is 2. The van der Waals surface area contributed by atoms with E-state index in [1.54, 1.807) is 14.2 Å². The Hall–Kier alpha value is -3.46. The van der Waals surface area contributed by atoms with Crippen molar-refractivity contribution in [3.8, 4) is 28.4 Å². The first kappa shape index (κ1) is 15.8. The molecule has 0 bridgehead atoms. The molecule has 3 aromatic rings. The maximum Gasteiger partial charge on any atom is 0.161 e. The average molecular weight is 353 g/mol. The van der Waals surface area contributed by atoms with Crippen molar-refractivity contribution >= 4 is 21.5 Å². The third kappa shape index (κ3) is 2.36. The summed E-state index contributed by atoms with van der Waals surface area (Å²) in [6, 6.07) is 25.3. The summed E-state index contributed by atoms with van der Waals surface area (Å²) in [5.74, 6) is 1.48. The van der Waals surface area contributed by atoms with Gasteiger partial charge >= 0.3 is 0 Å². The third-order valence-corrected chi connectivity index (χ3v) is 5.16. The zero-order valence-electron chi connectivity index (χ0n) is 15.3. The predicted octanol–water partition coefficient (Wildman–Crippen LogP) is 5.91. The first-order chi connectivity index (χ1) is 13.3. The summed E-state index contributed by atoms with van der Waals surface area (Å²) in [7, 11) is 3.35.